The summed E-state index contributed by atoms with van der Waals surface area (Å²) in [5, 5.41) is 14.8. The van der Waals surface area contributed by atoms with Gasteiger partial charge in [0.1, 0.15) is 17.6 Å². The third-order valence-corrected chi connectivity index (χ3v) is 6.75. The lowest BCUT2D eigenvalue weighted by atomic mass is 10.2. The van der Waals surface area contributed by atoms with Gasteiger partial charge in [0.15, 0.2) is 4.91 Å². The van der Waals surface area contributed by atoms with Gasteiger partial charge in [0, 0.05) is 16.7 Å². The van der Waals surface area contributed by atoms with E-state index in [2.05, 4.69) is 0 Å². The van der Waals surface area contributed by atoms with Crippen LogP contribution < -0.4 is 5.14 Å². The fraction of sp³-hybridized carbons (Fsp3) is 0. The SMILES string of the molecule is N#CC(=Cc1ccc(-c2ccc(S(N)(=O)=O)cc2)o1)S(=O)(=O)c1ccc(Cl)cc1. The van der Waals surface area contributed by atoms with Gasteiger partial charge in [-0.25, -0.2) is 22.0 Å². The topological polar surface area (TPSA) is 131 Å². The molecule has 148 valence electrons. The molecule has 3 rings (SSSR count). The lowest BCUT2D eigenvalue weighted by molar-refractivity contribution is 0.571. The second kappa shape index (κ2) is 7.85. The summed E-state index contributed by atoms with van der Waals surface area (Å²) in [7, 11) is -7.86. The van der Waals surface area contributed by atoms with Gasteiger partial charge in [0.2, 0.25) is 19.9 Å². The number of hydrogen-bond donors (Lipinski definition) is 1. The summed E-state index contributed by atoms with van der Waals surface area (Å²) >= 11 is 5.77. The number of allylic oxidation sites excluding steroid dienone is 1. The molecule has 10 heteroatoms. The highest BCUT2D eigenvalue weighted by atomic mass is 35.5. The molecular weight excluding hydrogens is 436 g/mol. The molecule has 29 heavy (non-hydrogen) atoms. The largest absolute Gasteiger partial charge is 0.457 e. The molecule has 0 amide bonds. The first-order valence-electron chi connectivity index (χ1n) is 7.97. The summed E-state index contributed by atoms with van der Waals surface area (Å²) in [6.45, 7) is 0. The van der Waals surface area contributed by atoms with Gasteiger partial charge in [-0.2, -0.15) is 5.26 Å². The fourth-order valence-corrected chi connectivity index (χ4v) is 4.22. The molecule has 0 aliphatic carbocycles. The van der Waals surface area contributed by atoms with E-state index in [1.54, 1.807) is 12.1 Å². The number of sulfone groups is 1. The number of halogens is 1. The van der Waals surface area contributed by atoms with Crippen molar-refractivity contribution in [3.05, 3.63) is 76.4 Å². The van der Waals surface area contributed by atoms with Crippen molar-refractivity contribution in [2.45, 2.75) is 9.79 Å². The Bertz CT molecular complexity index is 1330. The first-order chi connectivity index (χ1) is 13.6. The standard InChI is InChI=1S/C19H13ClN2O5S2/c20-14-3-8-16(9-4-14)28(23,24)18(12-21)11-15-5-10-19(27-15)13-1-6-17(7-2-13)29(22,25)26/h1-11H,(H2,22,25,26). The van der Waals surface area contributed by atoms with Crippen LogP contribution in [0.5, 0.6) is 0 Å². The van der Waals surface area contributed by atoms with Gasteiger partial charge in [-0.3, -0.25) is 0 Å². The van der Waals surface area contributed by atoms with Gasteiger partial charge < -0.3 is 4.42 Å². The Morgan fingerprint density at radius 1 is 0.931 bits per heavy atom. The minimum Gasteiger partial charge on any atom is -0.457 e. The Morgan fingerprint density at radius 2 is 1.52 bits per heavy atom. The number of nitrogens with two attached hydrogens (primary N) is 1. The zero-order valence-corrected chi connectivity index (χ0v) is 17.0. The zero-order chi connectivity index (χ0) is 21.2. The molecule has 0 bridgehead atoms. The molecule has 7 nitrogen and oxygen atoms in total. The second-order valence-electron chi connectivity index (χ2n) is 5.85. The predicted octanol–water partition coefficient (Wildman–Crippen LogP) is 3.59. The molecule has 0 saturated carbocycles. The van der Waals surface area contributed by atoms with Crippen molar-refractivity contribution in [3.63, 3.8) is 0 Å². The molecule has 1 heterocycles. The molecule has 0 radical (unpaired) electrons. The number of sulfonamides is 1. The van der Waals surface area contributed by atoms with Crippen LogP contribution in [-0.2, 0) is 19.9 Å². The third kappa shape index (κ3) is 4.58. The Hall–Kier alpha value is -2.90. The highest BCUT2D eigenvalue weighted by Gasteiger charge is 2.21. The molecule has 0 fully saturated rings. The molecule has 0 aliphatic rings. The minimum absolute atomic E-state index is 0.0475. The minimum atomic E-state index is -4.04. The van der Waals surface area contributed by atoms with E-state index in [1.165, 1.54) is 54.6 Å². The van der Waals surface area contributed by atoms with E-state index in [1.807, 2.05) is 0 Å². The van der Waals surface area contributed by atoms with Crippen molar-refractivity contribution < 1.29 is 21.3 Å². The molecule has 0 unspecified atom stereocenters. The summed E-state index contributed by atoms with van der Waals surface area (Å²) in [5.74, 6) is 0.503. The average molecular weight is 449 g/mol. The number of primary sulfonamides is 1. The fourth-order valence-electron chi connectivity index (χ4n) is 2.43. The Balaban J connectivity index is 1.94. The molecule has 0 aliphatic heterocycles. The molecule has 0 atom stereocenters. The van der Waals surface area contributed by atoms with E-state index in [4.69, 9.17) is 21.2 Å². The number of hydrogen-bond acceptors (Lipinski definition) is 6. The lowest BCUT2D eigenvalue weighted by Crippen LogP contribution is -2.11. The Kier molecular flexibility index (Phi) is 5.64. The maximum atomic E-state index is 12.6. The van der Waals surface area contributed by atoms with Crippen molar-refractivity contribution in [2.24, 2.45) is 5.14 Å². The van der Waals surface area contributed by atoms with Crippen molar-refractivity contribution in [1.29, 1.82) is 5.26 Å². The van der Waals surface area contributed by atoms with Crippen molar-refractivity contribution >= 4 is 37.5 Å². The van der Waals surface area contributed by atoms with Crippen LogP contribution in [0.1, 0.15) is 5.76 Å². The van der Waals surface area contributed by atoms with Gasteiger partial charge >= 0.3 is 0 Å². The molecule has 0 saturated heterocycles. The summed E-state index contributed by atoms with van der Waals surface area (Å²) in [5.41, 5.74) is 0.552. The van der Waals surface area contributed by atoms with Crippen LogP contribution in [0.25, 0.3) is 17.4 Å². The second-order valence-corrected chi connectivity index (χ2v) is 9.77. The first kappa shape index (κ1) is 20.8. The number of benzene rings is 2. The van der Waals surface area contributed by atoms with Crippen molar-refractivity contribution in [3.8, 4) is 17.4 Å². The van der Waals surface area contributed by atoms with Gasteiger partial charge in [0.25, 0.3) is 0 Å². The first-order valence-corrected chi connectivity index (χ1v) is 11.4. The maximum Gasteiger partial charge on any atom is 0.238 e. The molecule has 2 aromatic carbocycles. The number of rotatable bonds is 5. The smallest absolute Gasteiger partial charge is 0.238 e. The van der Waals surface area contributed by atoms with E-state index in [-0.39, 0.29) is 15.6 Å². The van der Waals surface area contributed by atoms with Crippen LogP contribution in [0.2, 0.25) is 5.02 Å². The molecule has 3 aromatic rings. The van der Waals surface area contributed by atoms with Gasteiger partial charge in [0.05, 0.1) is 9.79 Å². The van der Waals surface area contributed by atoms with E-state index >= 15 is 0 Å². The van der Waals surface area contributed by atoms with E-state index in [0.29, 0.717) is 16.3 Å². The zero-order valence-electron chi connectivity index (χ0n) is 14.6. The normalized spacial score (nSPS) is 12.5. The van der Waals surface area contributed by atoms with E-state index in [9.17, 15) is 22.1 Å². The molecule has 1 aromatic heterocycles. The number of nitriles is 1. The monoisotopic (exact) mass is 448 g/mol. The third-order valence-electron chi connectivity index (χ3n) is 3.89. The van der Waals surface area contributed by atoms with Crippen LogP contribution in [0.3, 0.4) is 0 Å². The highest BCUT2D eigenvalue weighted by Crippen LogP contribution is 2.27. The molecule has 0 spiro atoms. The molecular formula is C19H13ClN2O5S2. The van der Waals surface area contributed by atoms with Crippen molar-refractivity contribution in [2.75, 3.05) is 0 Å². The summed E-state index contributed by atoms with van der Waals surface area (Å²) in [6.07, 6.45) is 1.12. The number of furan rings is 1. The van der Waals surface area contributed by atoms with Crippen LogP contribution in [0.15, 0.2) is 79.8 Å². The average Bonchev–Trinajstić information content (AvgIpc) is 3.14. The Morgan fingerprint density at radius 3 is 2.07 bits per heavy atom. The molecule has 2 N–H and O–H groups in total. The Labute approximate surface area is 172 Å². The predicted molar refractivity (Wildman–Crippen MR) is 108 cm³/mol. The van der Waals surface area contributed by atoms with Crippen LogP contribution in [0, 0.1) is 11.3 Å². The lowest BCUT2D eigenvalue weighted by Gasteiger charge is -2.03. The van der Waals surface area contributed by atoms with Gasteiger partial charge in [-0.1, -0.05) is 11.6 Å². The summed E-state index contributed by atoms with van der Waals surface area (Å²) in [4.78, 5) is -0.612. The maximum absolute atomic E-state index is 12.6. The van der Waals surface area contributed by atoms with Crippen LogP contribution in [-0.4, -0.2) is 16.8 Å². The number of nitrogens with zero attached hydrogens (tertiary/aromatic N) is 1. The quantitative estimate of drug-likeness (QED) is 0.593. The summed E-state index contributed by atoms with van der Waals surface area (Å²) < 4.78 is 53.5. The highest BCUT2D eigenvalue weighted by molar-refractivity contribution is 7.95. The van der Waals surface area contributed by atoms with Crippen LogP contribution >= 0.6 is 11.6 Å². The van der Waals surface area contributed by atoms with E-state index in [0.717, 1.165) is 6.08 Å². The van der Waals surface area contributed by atoms with Crippen LogP contribution in [0.4, 0.5) is 0 Å². The summed E-state index contributed by atoms with van der Waals surface area (Å²) in [6, 6.07) is 15.9. The van der Waals surface area contributed by atoms with E-state index < -0.39 is 24.8 Å². The van der Waals surface area contributed by atoms with Crippen molar-refractivity contribution in [1.82, 2.24) is 0 Å². The van der Waals surface area contributed by atoms with Gasteiger partial charge in [-0.05, 0) is 60.7 Å². The van der Waals surface area contributed by atoms with Gasteiger partial charge in [-0.15, -0.1) is 0 Å².